The second-order valence-corrected chi connectivity index (χ2v) is 5.94. The van der Waals surface area contributed by atoms with E-state index in [4.69, 9.17) is 16.3 Å². The highest BCUT2D eigenvalue weighted by atomic mass is 35.5. The Hall–Kier alpha value is -2.54. The highest BCUT2D eigenvalue weighted by Gasteiger charge is 2.30. The molecule has 0 fully saturated rings. The Morgan fingerprint density at radius 2 is 1.85 bits per heavy atom. The third-order valence-electron chi connectivity index (χ3n) is 3.37. The maximum absolute atomic E-state index is 12.7. The van der Waals surface area contributed by atoms with Gasteiger partial charge in [-0.1, -0.05) is 35.9 Å². The summed E-state index contributed by atoms with van der Waals surface area (Å²) in [6.07, 6.45) is -5.99. The van der Waals surface area contributed by atoms with Crippen molar-refractivity contribution in [2.45, 2.75) is 25.6 Å². The molecule has 26 heavy (non-hydrogen) atoms. The molecule has 0 aromatic heterocycles. The van der Waals surface area contributed by atoms with Gasteiger partial charge in [-0.3, -0.25) is 9.59 Å². The number of benzene rings is 2. The van der Waals surface area contributed by atoms with Crippen molar-refractivity contribution in [3.8, 4) is 0 Å². The summed E-state index contributed by atoms with van der Waals surface area (Å²) in [5, 5.41) is 2.96. The molecule has 0 aliphatic rings. The van der Waals surface area contributed by atoms with Gasteiger partial charge in [0.1, 0.15) is 0 Å². The third kappa shape index (κ3) is 5.77. The average Bonchev–Trinajstić information content (AvgIpc) is 2.54. The number of carbonyl (C=O) groups is 2. The molecular weight excluding hydrogens is 371 g/mol. The lowest BCUT2D eigenvalue weighted by Crippen LogP contribution is -2.30. The van der Waals surface area contributed by atoms with Gasteiger partial charge in [0.05, 0.1) is 12.0 Å². The SMILES string of the molecule is C[C@H](OC(=O)Cc1cccc(C(F)(F)F)c1)C(=O)Nc1cccc(Cl)c1. The Labute approximate surface area is 152 Å². The summed E-state index contributed by atoms with van der Waals surface area (Å²) in [5.41, 5.74) is -0.273. The molecule has 1 atom stereocenters. The van der Waals surface area contributed by atoms with Crippen molar-refractivity contribution < 1.29 is 27.5 Å². The summed E-state index contributed by atoms with van der Waals surface area (Å²) < 4.78 is 43.0. The summed E-state index contributed by atoms with van der Waals surface area (Å²) in [7, 11) is 0. The van der Waals surface area contributed by atoms with Gasteiger partial charge in [0.2, 0.25) is 0 Å². The van der Waals surface area contributed by atoms with E-state index < -0.39 is 29.7 Å². The van der Waals surface area contributed by atoms with Crippen LogP contribution in [0.2, 0.25) is 5.02 Å². The zero-order valence-corrected chi connectivity index (χ0v) is 14.4. The minimum atomic E-state index is -4.50. The first-order valence-electron chi connectivity index (χ1n) is 7.57. The smallest absolute Gasteiger partial charge is 0.416 e. The first kappa shape index (κ1) is 19.8. The largest absolute Gasteiger partial charge is 0.452 e. The van der Waals surface area contributed by atoms with Crippen molar-refractivity contribution in [3.05, 3.63) is 64.7 Å². The van der Waals surface area contributed by atoms with Crippen molar-refractivity contribution in [2.75, 3.05) is 5.32 Å². The quantitative estimate of drug-likeness (QED) is 0.772. The Morgan fingerprint density at radius 1 is 1.15 bits per heavy atom. The molecule has 1 N–H and O–H groups in total. The van der Waals surface area contributed by atoms with E-state index in [9.17, 15) is 22.8 Å². The number of hydrogen-bond acceptors (Lipinski definition) is 3. The summed E-state index contributed by atoms with van der Waals surface area (Å²) >= 11 is 5.81. The molecule has 0 unspecified atom stereocenters. The molecular formula is C18H15ClF3NO3. The van der Waals surface area contributed by atoms with E-state index in [0.717, 1.165) is 12.1 Å². The van der Waals surface area contributed by atoms with E-state index in [1.165, 1.54) is 25.1 Å². The number of ether oxygens (including phenoxy) is 1. The van der Waals surface area contributed by atoms with Gasteiger partial charge < -0.3 is 10.1 Å². The lowest BCUT2D eigenvalue weighted by molar-refractivity contribution is -0.152. The van der Waals surface area contributed by atoms with Gasteiger partial charge in [-0.25, -0.2) is 0 Å². The number of anilines is 1. The Bertz CT molecular complexity index is 808. The van der Waals surface area contributed by atoms with Gasteiger partial charge in [-0.05, 0) is 36.8 Å². The summed E-state index contributed by atoms with van der Waals surface area (Å²) in [5.74, 6) is -1.39. The van der Waals surface area contributed by atoms with Gasteiger partial charge in [-0.2, -0.15) is 13.2 Å². The molecule has 1 amide bonds. The van der Waals surface area contributed by atoms with Gasteiger partial charge in [0.15, 0.2) is 6.10 Å². The van der Waals surface area contributed by atoms with Crippen LogP contribution in [0.25, 0.3) is 0 Å². The number of carbonyl (C=O) groups excluding carboxylic acids is 2. The fraction of sp³-hybridized carbons (Fsp3) is 0.222. The minimum absolute atomic E-state index is 0.146. The van der Waals surface area contributed by atoms with Gasteiger partial charge in [0, 0.05) is 10.7 Å². The molecule has 0 bridgehead atoms. The second kappa shape index (κ2) is 8.23. The number of alkyl halides is 3. The lowest BCUT2D eigenvalue weighted by atomic mass is 10.1. The molecule has 0 saturated carbocycles. The summed E-state index contributed by atoms with van der Waals surface area (Å²) in [6, 6.07) is 10.8. The molecule has 0 heterocycles. The summed E-state index contributed by atoms with van der Waals surface area (Å²) in [6.45, 7) is 1.36. The lowest BCUT2D eigenvalue weighted by Gasteiger charge is -2.14. The van der Waals surface area contributed by atoms with Crippen LogP contribution in [0.15, 0.2) is 48.5 Å². The van der Waals surface area contributed by atoms with Crippen molar-refractivity contribution in [1.82, 2.24) is 0 Å². The molecule has 2 aromatic rings. The second-order valence-electron chi connectivity index (χ2n) is 5.51. The topological polar surface area (TPSA) is 55.4 Å². The third-order valence-corrected chi connectivity index (χ3v) is 3.61. The highest BCUT2D eigenvalue weighted by molar-refractivity contribution is 6.30. The first-order valence-corrected chi connectivity index (χ1v) is 7.95. The summed E-state index contributed by atoms with van der Waals surface area (Å²) in [4.78, 5) is 23.9. The standard InChI is InChI=1S/C18H15ClF3NO3/c1-11(17(25)23-15-7-3-6-14(19)10-15)26-16(24)9-12-4-2-5-13(8-12)18(20,21)22/h2-8,10-11H,9H2,1H3,(H,23,25)/t11-/m0/s1. The molecule has 2 rings (SSSR count). The van der Waals surface area contributed by atoms with Gasteiger partial charge in [0.25, 0.3) is 5.91 Å². The molecule has 138 valence electrons. The van der Waals surface area contributed by atoms with Crippen LogP contribution < -0.4 is 5.32 Å². The van der Waals surface area contributed by atoms with Crippen LogP contribution in [0.5, 0.6) is 0 Å². The van der Waals surface area contributed by atoms with E-state index in [-0.39, 0.29) is 12.0 Å². The van der Waals surface area contributed by atoms with Gasteiger partial charge in [-0.15, -0.1) is 0 Å². The zero-order chi connectivity index (χ0) is 19.3. The molecule has 0 aliphatic heterocycles. The molecule has 4 nitrogen and oxygen atoms in total. The highest BCUT2D eigenvalue weighted by Crippen LogP contribution is 2.29. The number of halogens is 4. The van der Waals surface area contributed by atoms with Crippen LogP contribution in [0.3, 0.4) is 0 Å². The zero-order valence-electron chi connectivity index (χ0n) is 13.6. The number of nitrogens with one attached hydrogen (secondary N) is 1. The van der Waals surface area contributed by atoms with Crippen LogP contribution in [-0.2, 0) is 26.9 Å². The predicted octanol–water partition coefficient (Wildman–Crippen LogP) is 4.47. The van der Waals surface area contributed by atoms with E-state index in [1.807, 2.05) is 0 Å². The molecule has 0 saturated heterocycles. The normalized spacial score (nSPS) is 12.3. The van der Waals surface area contributed by atoms with Crippen molar-refractivity contribution in [1.29, 1.82) is 0 Å². The fourth-order valence-electron chi connectivity index (χ4n) is 2.13. The van der Waals surface area contributed by atoms with Crippen LogP contribution in [-0.4, -0.2) is 18.0 Å². The number of amides is 1. The number of hydrogen-bond donors (Lipinski definition) is 1. The maximum atomic E-state index is 12.7. The van der Waals surface area contributed by atoms with Gasteiger partial charge >= 0.3 is 12.1 Å². The average molecular weight is 386 g/mol. The minimum Gasteiger partial charge on any atom is -0.452 e. The molecule has 0 aliphatic carbocycles. The molecule has 0 spiro atoms. The Kier molecular flexibility index (Phi) is 6.26. The van der Waals surface area contributed by atoms with Crippen molar-refractivity contribution in [3.63, 3.8) is 0 Å². The van der Waals surface area contributed by atoms with Crippen LogP contribution in [0, 0.1) is 0 Å². The fourth-order valence-corrected chi connectivity index (χ4v) is 2.32. The van der Waals surface area contributed by atoms with E-state index >= 15 is 0 Å². The van der Waals surface area contributed by atoms with E-state index in [0.29, 0.717) is 10.7 Å². The van der Waals surface area contributed by atoms with Crippen molar-refractivity contribution in [2.24, 2.45) is 0 Å². The van der Waals surface area contributed by atoms with E-state index in [1.54, 1.807) is 18.2 Å². The van der Waals surface area contributed by atoms with Crippen molar-refractivity contribution >= 4 is 29.2 Å². The van der Waals surface area contributed by atoms with Crippen LogP contribution in [0.1, 0.15) is 18.1 Å². The van der Waals surface area contributed by atoms with Crippen LogP contribution >= 0.6 is 11.6 Å². The first-order chi connectivity index (χ1) is 12.1. The number of esters is 1. The maximum Gasteiger partial charge on any atom is 0.416 e. The van der Waals surface area contributed by atoms with Crippen LogP contribution in [0.4, 0.5) is 18.9 Å². The Balaban J connectivity index is 1.93. The predicted molar refractivity (Wildman–Crippen MR) is 90.8 cm³/mol. The Morgan fingerprint density at radius 3 is 2.50 bits per heavy atom. The molecule has 2 aromatic carbocycles. The monoisotopic (exact) mass is 385 g/mol. The molecule has 8 heteroatoms. The molecule has 0 radical (unpaired) electrons. The van der Waals surface area contributed by atoms with E-state index in [2.05, 4.69) is 5.32 Å². The number of rotatable bonds is 5.